The molecule has 0 aliphatic heterocycles. The van der Waals surface area contributed by atoms with Gasteiger partial charge >= 0.3 is 0 Å². The van der Waals surface area contributed by atoms with E-state index in [0.29, 0.717) is 12.1 Å². The fourth-order valence-corrected chi connectivity index (χ4v) is 3.51. The van der Waals surface area contributed by atoms with E-state index < -0.39 is 0 Å². The molecule has 1 aliphatic carbocycles. The molecule has 0 radical (unpaired) electrons. The van der Waals surface area contributed by atoms with Crippen LogP contribution in [0.25, 0.3) is 0 Å². The van der Waals surface area contributed by atoms with Crippen molar-refractivity contribution in [3.63, 3.8) is 0 Å². The highest BCUT2D eigenvalue weighted by Gasteiger charge is 2.39. The Morgan fingerprint density at radius 1 is 1.05 bits per heavy atom. The van der Waals surface area contributed by atoms with E-state index in [1.165, 1.54) is 22.3 Å². The molecule has 1 nitrogen and oxygen atoms in total. The minimum atomic E-state index is 0.267. The summed E-state index contributed by atoms with van der Waals surface area (Å²) in [5.41, 5.74) is 5.92. The smallest absolute Gasteiger partial charge is 0.0382 e. The zero-order valence-electron chi connectivity index (χ0n) is 13.5. The van der Waals surface area contributed by atoms with Crippen molar-refractivity contribution in [3.8, 4) is 0 Å². The summed E-state index contributed by atoms with van der Waals surface area (Å²) in [7, 11) is 0. The number of fused-ring (bicyclic) bond motifs is 1. The van der Waals surface area contributed by atoms with E-state index in [1.807, 2.05) is 0 Å². The van der Waals surface area contributed by atoms with Crippen molar-refractivity contribution in [3.05, 3.63) is 70.8 Å². The Morgan fingerprint density at radius 2 is 1.71 bits per heavy atom. The van der Waals surface area contributed by atoms with Crippen molar-refractivity contribution in [2.75, 3.05) is 0 Å². The second-order valence-electron chi connectivity index (χ2n) is 7.10. The minimum absolute atomic E-state index is 0.267. The predicted molar refractivity (Wildman–Crippen MR) is 89.4 cm³/mol. The van der Waals surface area contributed by atoms with E-state index in [2.05, 4.69) is 81.5 Å². The topological polar surface area (TPSA) is 12.0 Å². The second-order valence-corrected chi connectivity index (χ2v) is 7.10. The number of hydrogen-bond donors (Lipinski definition) is 1. The molecule has 2 unspecified atom stereocenters. The van der Waals surface area contributed by atoms with E-state index >= 15 is 0 Å². The van der Waals surface area contributed by atoms with Gasteiger partial charge in [0.2, 0.25) is 0 Å². The fraction of sp³-hybridized carbons (Fsp3) is 0.400. The Morgan fingerprint density at radius 3 is 2.43 bits per heavy atom. The van der Waals surface area contributed by atoms with Crippen LogP contribution in [0.5, 0.6) is 0 Å². The molecule has 2 aromatic rings. The van der Waals surface area contributed by atoms with Gasteiger partial charge in [-0.1, -0.05) is 67.9 Å². The first kappa shape index (κ1) is 14.3. The van der Waals surface area contributed by atoms with Gasteiger partial charge in [0.15, 0.2) is 0 Å². The van der Waals surface area contributed by atoms with Crippen molar-refractivity contribution in [2.45, 2.75) is 46.2 Å². The highest BCUT2D eigenvalue weighted by Crippen LogP contribution is 2.45. The lowest BCUT2D eigenvalue weighted by atomic mass is 9.84. The number of aryl methyl sites for hydroxylation is 1. The summed E-state index contributed by atoms with van der Waals surface area (Å²) in [6.07, 6.45) is 1.15. The Hall–Kier alpha value is -1.60. The van der Waals surface area contributed by atoms with E-state index in [0.717, 1.165) is 6.42 Å². The molecule has 1 aliphatic rings. The maximum Gasteiger partial charge on any atom is 0.0382 e. The normalized spacial score (nSPS) is 21.0. The van der Waals surface area contributed by atoms with Crippen LogP contribution in [0.1, 0.15) is 55.1 Å². The quantitative estimate of drug-likeness (QED) is 0.836. The summed E-state index contributed by atoms with van der Waals surface area (Å²) in [5, 5.41) is 3.86. The largest absolute Gasteiger partial charge is 0.303 e. The van der Waals surface area contributed by atoms with Crippen molar-refractivity contribution in [1.29, 1.82) is 0 Å². The third kappa shape index (κ3) is 2.75. The van der Waals surface area contributed by atoms with Crippen LogP contribution in [0.15, 0.2) is 48.5 Å². The van der Waals surface area contributed by atoms with Crippen LogP contribution in [0.4, 0.5) is 0 Å². The monoisotopic (exact) mass is 279 g/mol. The molecule has 3 rings (SSSR count). The fourth-order valence-electron chi connectivity index (χ4n) is 3.51. The molecular formula is C20H25N. The van der Waals surface area contributed by atoms with E-state index in [9.17, 15) is 0 Å². The first-order valence-corrected chi connectivity index (χ1v) is 7.88. The van der Waals surface area contributed by atoms with Crippen LogP contribution < -0.4 is 5.32 Å². The van der Waals surface area contributed by atoms with Crippen molar-refractivity contribution >= 4 is 0 Å². The average molecular weight is 279 g/mol. The molecule has 2 atom stereocenters. The van der Waals surface area contributed by atoms with Gasteiger partial charge in [-0.3, -0.25) is 0 Å². The van der Waals surface area contributed by atoms with Gasteiger partial charge in [0.1, 0.15) is 0 Å². The van der Waals surface area contributed by atoms with Gasteiger partial charge in [0.05, 0.1) is 0 Å². The van der Waals surface area contributed by atoms with Crippen LogP contribution in [0.2, 0.25) is 0 Å². The highest BCUT2D eigenvalue weighted by atomic mass is 15.0. The van der Waals surface area contributed by atoms with Crippen LogP contribution >= 0.6 is 0 Å². The van der Waals surface area contributed by atoms with E-state index in [4.69, 9.17) is 0 Å². The van der Waals surface area contributed by atoms with E-state index in [1.54, 1.807) is 0 Å². The molecule has 0 saturated heterocycles. The van der Waals surface area contributed by atoms with Gasteiger partial charge in [0.25, 0.3) is 0 Å². The molecule has 110 valence electrons. The summed E-state index contributed by atoms with van der Waals surface area (Å²) in [5.74, 6) is 0. The van der Waals surface area contributed by atoms with Crippen molar-refractivity contribution < 1.29 is 0 Å². The maximum absolute atomic E-state index is 3.86. The predicted octanol–water partition coefficient (Wildman–Crippen LogP) is 4.97. The number of benzene rings is 2. The van der Waals surface area contributed by atoms with Gasteiger partial charge in [-0.2, -0.15) is 0 Å². The lowest BCUT2D eigenvalue weighted by Gasteiger charge is -2.31. The summed E-state index contributed by atoms with van der Waals surface area (Å²) >= 11 is 0. The molecule has 0 fully saturated rings. The highest BCUT2D eigenvalue weighted by molar-refractivity contribution is 5.38. The molecule has 1 N–H and O–H groups in total. The molecule has 1 heteroatoms. The minimum Gasteiger partial charge on any atom is -0.303 e. The summed E-state index contributed by atoms with van der Waals surface area (Å²) < 4.78 is 0. The molecule has 0 bridgehead atoms. The molecule has 0 spiro atoms. The van der Waals surface area contributed by atoms with E-state index in [-0.39, 0.29) is 5.41 Å². The SMILES string of the molecule is Cc1ccc(C(C)NC2c3ccccc3CC2(C)C)cc1. The second kappa shape index (κ2) is 5.31. The van der Waals surface area contributed by atoms with Gasteiger partial charge in [-0.15, -0.1) is 0 Å². The average Bonchev–Trinajstić information content (AvgIpc) is 2.70. The first-order chi connectivity index (χ1) is 9.97. The van der Waals surface area contributed by atoms with Crippen molar-refractivity contribution in [1.82, 2.24) is 5.32 Å². The molecule has 0 heterocycles. The third-order valence-electron chi connectivity index (χ3n) is 4.79. The number of nitrogens with one attached hydrogen (secondary N) is 1. The molecule has 0 aromatic heterocycles. The molecular weight excluding hydrogens is 254 g/mol. The Balaban J connectivity index is 1.85. The van der Waals surface area contributed by atoms with Crippen LogP contribution in [0, 0.1) is 12.3 Å². The van der Waals surface area contributed by atoms with Gasteiger partial charge < -0.3 is 5.32 Å². The standard InChI is InChI=1S/C20H25N/c1-14-9-11-16(12-10-14)15(2)21-19-18-8-6-5-7-17(18)13-20(19,3)4/h5-12,15,19,21H,13H2,1-4H3. The Kier molecular flexibility index (Phi) is 3.62. The summed E-state index contributed by atoms with van der Waals surface area (Å²) in [6, 6.07) is 18.5. The lowest BCUT2D eigenvalue weighted by molar-refractivity contribution is 0.252. The van der Waals surface area contributed by atoms with Crippen LogP contribution in [0.3, 0.4) is 0 Å². The Bertz CT molecular complexity index is 625. The van der Waals surface area contributed by atoms with Gasteiger partial charge in [-0.05, 0) is 42.4 Å². The number of hydrogen-bond acceptors (Lipinski definition) is 1. The van der Waals surface area contributed by atoms with Gasteiger partial charge in [-0.25, -0.2) is 0 Å². The molecule has 21 heavy (non-hydrogen) atoms. The zero-order chi connectivity index (χ0) is 15.0. The summed E-state index contributed by atoms with van der Waals surface area (Å²) in [6.45, 7) is 9.14. The van der Waals surface area contributed by atoms with Gasteiger partial charge in [0, 0.05) is 12.1 Å². The molecule has 0 saturated carbocycles. The zero-order valence-corrected chi connectivity index (χ0v) is 13.5. The van der Waals surface area contributed by atoms with Crippen LogP contribution in [-0.2, 0) is 6.42 Å². The van der Waals surface area contributed by atoms with Crippen molar-refractivity contribution in [2.24, 2.45) is 5.41 Å². The third-order valence-corrected chi connectivity index (χ3v) is 4.79. The Labute approximate surface area is 128 Å². The summed E-state index contributed by atoms with van der Waals surface area (Å²) in [4.78, 5) is 0. The lowest BCUT2D eigenvalue weighted by Crippen LogP contribution is -2.33. The molecule has 2 aromatic carbocycles. The first-order valence-electron chi connectivity index (χ1n) is 7.88. The number of rotatable bonds is 3. The van der Waals surface area contributed by atoms with Crippen LogP contribution in [-0.4, -0.2) is 0 Å². The molecule has 0 amide bonds. The maximum atomic E-state index is 3.86.